The number of rotatable bonds is 7. The van der Waals surface area contributed by atoms with Gasteiger partial charge in [-0.3, -0.25) is 4.79 Å². The molecule has 3 N–H and O–H groups in total. The van der Waals surface area contributed by atoms with E-state index in [1.54, 1.807) is 27.7 Å². The Morgan fingerprint density at radius 2 is 1.90 bits per heavy atom. The van der Waals surface area contributed by atoms with Gasteiger partial charge in [-0.15, -0.1) is 0 Å². The first-order valence-corrected chi connectivity index (χ1v) is 10.4. The van der Waals surface area contributed by atoms with Crippen LogP contribution < -0.4 is 11.1 Å². The molecule has 1 aromatic carbocycles. The van der Waals surface area contributed by atoms with Crippen LogP contribution in [-0.4, -0.2) is 60.9 Å². The van der Waals surface area contributed by atoms with Crippen molar-refractivity contribution in [3.05, 3.63) is 35.4 Å². The van der Waals surface area contributed by atoms with Crippen LogP contribution >= 0.6 is 0 Å². The van der Waals surface area contributed by atoms with Crippen LogP contribution in [0.5, 0.6) is 0 Å². The third-order valence-corrected chi connectivity index (χ3v) is 5.30. The van der Waals surface area contributed by atoms with Gasteiger partial charge in [0.25, 0.3) is 0 Å². The first kappa shape index (κ1) is 25.0. The van der Waals surface area contributed by atoms with Crippen LogP contribution in [0.25, 0.3) is 0 Å². The number of ether oxygens (including phenoxy) is 2. The van der Waals surface area contributed by atoms with Gasteiger partial charge in [0.1, 0.15) is 17.2 Å². The molecule has 9 heteroatoms. The fourth-order valence-electron chi connectivity index (χ4n) is 3.83. The molecule has 1 aliphatic rings. The number of carbonyl (C=O) groups is 2. The van der Waals surface area contributed by atoms with Crippen molar-refractivity contribution < 1.29 is 27.8 Å². The molecule has 1 fully saturated rings. The molecular weight excluding hydrogens is 408 g/mol. The number of likely N-dealkylation sites (tertiary alicyclic amines) is 1. The van der Waals surface area contributed by atoms with Crippen LogP contribution in [0.15, 0.2) is 18.2 Å². The molecule has 7 nitrogen and oxygen atoms in total. The van der Waals surface area contributed by atoms with Crippen LogP contribution in [-0.2, 0) is 20.7 Å². The molecule has 0 aliphatic carbocycles. The molecular formula is C22H33F2N3O4. The van der Waals surface area contributed by atoms with Crippen LogP contribution in [0.4, 0.5) is 13.6 Å². The molecule has 2 amide bonds. The molecule has 1 heterocycles. The van der Waals surface area contributed by atoms with Crippen molar-refractivity contribution in [2.24, 2.45) is 11.7 Å². The SMILES string of the molecule is CO[C@H]([C@@H](C)C(=O)NCCc1c(F)cccc1F)[C@@H]1C[C@H](N)CN1C(=O)OC(C)(C)C. The minimum atomic E-state index is -0.665. The fraction of sp³-hybridized carbons (Fsp3) is 0.636. The molecule has 1 aromatic rings. The van der Waals surface area contributed by atoms with E-state index in [1.807, 2.05) is 0 Å². The number of hydrogen-bond donors (Lipinski definition) is 2. The maximum atomic E-state index is 13.8. The Morgan fingerprint density at radius 1 is 1.29 bits per heavy atom. The fourth-order valence-corrected chi connectivity index (χ4v) is 3.83. The summed E-state index contributed by atoms with van der Waals surface area (Å²) in [6.07, 6.45) is -0.635. The highest BCUT2D eigenvalue weighted by Crippen LogP contribution is 2.27. The Hall–Kier alpha value is -2.26. The molecule has 1 aliphatic heterocycles. The zero-order valence-electron chi connectivity index (χ0n) is 18.8. The van der Waals surface area contributed by atoms with Gasteiger partial charge in [0.05, 0.1) is 18.1 Å². The maximum Gasteiger partial charge on any atom is 0.410 e. The minimum absolute atomic E-state index is 0.0208. The van der Waals surface area contributed by atoms with Crippen LogP contribution in [0.1, 0.15) is 39.7 Å². The molecule has 174 valence electrons. The van der Waals surface area contributed by atoms with Crippen molar-refractivity contribution in [2.45, 2.75) is 64.3 Å². The van der Waals surface area contributed by atoms with E-state index in [9.17, 15) is 18.4 Å². The number of nitrogens with zero attached hydrogens (tertiary/aromatic N) is 1. The molecule has 0 spiro atoms. The molecule has 1 saturated heterocycles. The Bertz CT molecular complexity index is 764. The van der Waals surface area contributed by atoms with Gasteiger partial charge in [0.15, 0.2) is 0 Å². The lowest BCUT2D eigenvalue weighted by Crippen LogP contribution is -2.50. The molecule has 0 unspecified atom stereocenters. The second-order valence-corrected chi connectivity index (χ2v) is 8.93. The van der Waals surface area contributed by atoms with Crippen LogP contribution in [0, 0.1) is 17.6 Å². The van der Waals surface area contributed by atoms with E-state index in [1.165, 1.54) is 30.2 Å². The van der Waals surface area contributed by atoms with Crippen molar-refractivity contribution in [1.82, 2.24) is 10.2 Å². The largest absolute Gasteiger partial charge is 0.444 e. The summed E-state index contributed by atoms with van der Waals surface area (Å²) in [5.74, 6) is -2.26. The van der Waals surface area contributed by atoms with Crippen LogP contribution in [0.2, 0.25) is 0 Å². The number of nitrogens with two attached hydrogens (primary N) is 1. The minimum Gasteiger partial charge on any atom is -0.444 e. The quantitative estimate of drug-likeness (QED) is 0.679. The molecule has 0 bridgehead atoms. The number of benzene rings is 1. The number of nitrogens with one attached hydrogen (secondary N) is 1. The van der Waals surface area contributed by atoms with Gasteiger partial charge in [-0.05, 0) is 45.7 Å². The summed E-state index contributed by atoms with van der Waals surface area (Å²) in [6, 6.07) is 2.96. The summed E-state index contributed by atoms with van der Waals surface area (Å²) in [5.41, 5.74) is 5.34. The summed E-state index contributed by atoms with van der Waals surface area (Å²) in [5, 5.41) is 2.70. The van der Waals surface area contributed by atoms with E-state index in [0.717, 1.165) is 0 Å². The molecule has 0 radical (unpaired) electrons. The second-order valence-electron chi connectivity index (χ2n) is 8.93. The Morgan fingerprint density at radius 3 is 2.45 bits per heavy atom. The third kappa shape index (κ3) is 6.61. The summed E-state index contributed by atoms with van der Waals surface area (Å²) in [4.78, 5) is 26.9. The number of carbonyl (C=O) groups excluding carboxylic acids is 2. The monoisotopic (exact) mass is 441 g/mol. The second kappa shape index (κ2) is 10.4. The highest BCUT2D eigenvalue weighted by molar-refractivity contribution is 5.79. The smallest absolute Gasteiger partial charge is 0.410 e. The summed E-state index contributed by atoms with van der Waals surface area (Å²) in [6.45, 7) is 7.39. The lowest BCUT2D eigenvalue weighted by Gasteiger charge is -2.34. The Balaban J connectivity index is 2.02. The van der Waals surface area contributed by atoms with Crippen molar-refractivity contribution in [1.29, 1.82) is 0 Å². The Labute approximate surface area is 182 Å². The molecule has 0 saturated carbocycles. The van der Waals surface area contributed by atoms with Gasteiger partial charge in [-0.1, -0.05) is 13.0 Å². The van der Waals surface area contributed by atoms with Gasteiger partial charge in [0.2, 0.25) is 5.91 Å². The highest BCUT2D eigenvalue weighted by Gasteiger charge is 2.43. The Kier molecular flexibility index (Phi) is 8.36. The number of halogens is 2. The number of amides is 2. The third-order valence-electron chi connectivity index (χ3n) is 5.30. The first-order chi connectivity index (χ1) is 14.4. The number of hydrogen-bond acceptors (Lipinski definition) is 5. The van der Waals surface area contributed by atoms with Crippen molar-refractivity contribution in [3.63, 3.8) is 0 Å². The van der Waals surface area contributed by atoms with Gasteiger partial charge in [-0.25, -0.2) is 13.6 Å². The van der Waals surface area contributed by atoms with E-state index in [2.05, 4.69) is 5.32 Å². The van der Waals surface area contributed by atoms with Gasteiger partial charge >= 0.3 is 6.09 Å². The van der Waals surface area contributed by atoms with Gasteiger partial charge in [-0.2, -0.15) is 0 Å². The van der Waals surface area contributed by atoms with Gasteiger partial charge in [0, 0.05) is 31.8 Å². The maximum absolute atomic E-state index is 13.8. The topological polar surface area (TPSA) is 93.9 Å². The zero-order valence-corrected chi connectivity index (χ0v) is 18.8. The first-order valence-electron chi connectivity index (χ1n) is 10.4. The summed E-state index contributed by atoms with van der Waals surface area (Å²) < 4.78 is 38.6. The van der Waals surface area contributed by atoms with E-state index in [0.29, 0.717) is 13.0 Å². The lowest BCUT2D eigenvalue weighted by molar-refractivity contribution is -0.130. The zero-order chi connectivity index (χ0) is 23.3. The van der Waals surface area contributed by atoms with E-state index >= 15 is 0 Å². The molecule has 0 aromatic heterocycles. The van der Waals surface area contributed by atoms with Crippen molar-refractivity contribution >= 4 is 12.0 Å². The highest BCUT2D eigenvalue weighted by atomic mass is 19.1. The van der Waals surface area contributed by atoms with E-state index in [4.69, 9.17) is 15.2 Å². The van der Waals surface area contributed by atoms with Gasteiger partial charge < -0.3 is 25.4 Å². The van der Waals surface area contributed by atoms with Crippen molar-refractivity contribution in [2.75, 3.05) is 20.2 Å². The predicted molar refractivity (Wildman–Crippen MR) is 112 cm³/mol. The van der Waals surface area contributed by atoms with Crippen LogP contribution in [0.3, 0.4) is 0 Å². The average Bonchev–Trinajstić information content (AvgIpc) is 3.04. The average molecular weight is 442 g/mol. The van der Waals surface area contributed by atoms with Crippen molar-refractivity contribution in [3.8, 4) is 0 Å². The lowest BCUT2D eigenvalue weighted by atomic mass is 9.94. The number of methoxy groups -OCH3 is 1. The summed E-state index contributed by atoms with van der Waals surface area (Å²) >= 11 is 0. The predicted octanol–water partition coefficient (Wildman–Crippen LogP) is 2.61. The molecule has 31 heavy (non-hydrogen) atoms. The van der Waals surface area contributed by atoms with E-state index < -0.39 is 41.4 Å². The molecule has 4 atom stereocenters. The van der Waals surface area contributed by atoms with E-state index in [-0.39, 0.29) is 30.5 Å². The standard InChI is InChI=1S/C22H33F2N3O4/c1-13(20(28)26-10-9-15-16(23)7-6-8-17(15)24)19(30-5)18-11-14(25)12-27(18)21(29)31-22(2,3)4/h6-8,13-14,18-19H,9-12,25H2,1-5H3,(H,26,28)/t13-,14+,18+,19-/m1/s1. The summed E-state index contributed by atoms with van der Waals surface area (Å²) in [7, 11) is 1.47. The normalized spacial score (nSPS) is 21.0. The molecule has 2 rings (SSSR count).